The summed E-state index contributed by atoms with van der Waals surface area (Å²) in [5.41, 5.74) is 1.91. The zero-order chi connectivity index (χ0) is 9.69. The molecule has 1 aromatic carbocycles. The summed E-state index contributed by atoms with van der Waals surface area (Å²) < 4.78 is 22.8. The molecule has 0 spiro atoms. The summed E-state index contributed by atoms with van der Waals surface area (Å²) >= 11 is 0. The van der Waals surface area contributed by atoms with Crippen LogP contribution in [0.1, 0.15) is 25.0 Å². The topological polar surface area (TPSA) is 34.1 Å². The van der Waals surface area contributed by atoms with Crippen molar-refractivity contribution in [3.8, 4) is 0 Å². The first-order valence-corrected chi connectivity index (χ1v) is 5.91. The lowest BCUT2D eigenvalue weighted by atomic mass is 9.98. The molecule has 70 valence electrons. The van der Waals surface area contributed by atoms with Gasteiger partial charge in [-0.3, -0.25) is 0 Å². The van der Waals surface area contributed by atoms with Crippen molar-refractivity contribution in [3.05, 3.63) is 35.4 Å². The molecule has 0 atom stereocenters. The quantitative estimate of drug-likeness (QED) is 0.634. The molecular weight excluding hydrogens is 184 g/mol. The predicted molar refractivity (Wildman–Crippen MR) is 52.1 cm³/mol. The van der Waals surface area contributed by atoms with Gasteiger partial charge in [-0.1, -0.05) is 24.3 Å². The highest BCUT2D eigenvalue weighted by Gasteiger charge is 2.43. The van der Waals surface area contributed by atoms with Gasteiger partial charge in [0.15, 0.2) is 9.84 Å². The maximum absolute atomic E-state index is 11.7. The predicted octanol–water partition coefficient (Wildman–Crippen LogP) is 1.85. The van der Waals surface area contributed by atoms with Crippen LogP contribution < -0.4 is 0 Å². The second-order valence-electron chi connectivity index (χ2n) is 3.93. The number of benzene rings is 1. The van der Waals surface area contributed by atoms with E-state index in [0.29, 0.717) is 0 Å². The fourth-order valence-electron chi connectivity index (χ4n) is 1.79. The lowest BCUT2D eigenvalue weighted by Crippen LogP contribution is -2.23. The van der Waals surface area contributed by atoms with Gasteiger partial charge >= 0.3 is 0 Å². The van der Waals surface area contributed by atoms with Crippen LogP contribution >= 0.6 is 0 Å². The van der Waals surface area contributed by atoms with E-state index in [9.17, 15) is 8.42 Å². The lowest BCUT2D eigenvalue weighted by molar-refractivity contribution is 0.563. The third-order valence-corrected chi connectivity index (χ3v) is 5.26. The van der Waals surface area contributed by atoms with E-state index in [1.54, 1.807) is 13.8 Å². The van der Waals surface area contributed by atoms with Crippen LogP contribution in [0.4, 0.5) is 0 Å². The zero-order valence-corrected chi connectivity index (χ0v) is 8.56. The van der Waals surface area contributed by atoms with Crippen molar-refractivity contribution < 1.29 is 8.42 Å². The van der Waals surface area contributed by atoms with Crippen molar-refractivity contribution in [2.24, 2.45) is 0 Å². The molecule has 2 nitrogen and oxygen atoms in total. The molecule has 0 saturated carbocycles. The molecule has 2 rings (SSSR count). The van der Waals surface area contributed by atoms with Crippen molar-refractivity contribution in [3.63, 3.8) is 0 Å². The molecule has 1 heterocycles. The van der Waals surface area contributed by atoms with Gasteiger partial charge in [-0.25, -0.2) is 8.42 Å². The number of hydrogen-bond donors (Lipinski definition) is 0. The minimum atomic E-state index is -2.98. The second kappa shape index (κ2) is 2.35. The Morgan fingerprint density at radius 2 is 1.85 bits per heavy atom. The van der Waals surface area contributed by atoms with Crippen LogP contribution in [-0.2, 0) is 20.3 Å². The number of hydrogen-bond acceptors (Lipinski definition) is 2. The number of sulfone groups is 1. The fourth-order valence-corrected chi connectivity index (χ4v) is 3.34. The molecule has 0 N–H and O–H groups in total. The van der Waals surface area contributed by atoms with E-state index in [2.05, 4.69) is 0 Å². The maximum Gasteiger partial charge on any atom is 0.163 e. The third-order valence-electron chi connectivity index (χ3n) is 2.79. The normalized spacial score (nSPS) is 22.6. The lowest BCUT2D eigenvalue weighted by Gasteiger charge is -2.17. The van der Waals surface area contributed by atoms with E-state index in [0.717, 1.165) is 11.1 Å². The van der Waals surface area contributed by atoms with Gasteiger partial charge in [0.25, 0.3) is 0 Å². The van der Waals surface area contributed by atoms with Gasteiger partial charge in [-0.15, -0.1) is 0 Å². The molecule has 0 bridgehead atoms. The first kappa shape index (κ1) is 8.75. The monoisotopic (exact) mass is 196 g/mol. The van der Waals surface area contributed by atoms with Crippen LogP contribution in [0.25, 0.3) is 0 Å². The first-order valence-electron chi connectivity index (χ1n) is 4.26. The van der Waals surface area contributed by atoms with E-state index in [1.165, 1.54) is 0 Å². The summed E-state index contributed by atoms with van der Waals surface area (Å²) in [5, 5.41) is 0. The molecule has 1 aliphatic rings. The molecular formula is C10H12O2S. The van der Waals surface area contributed by atoms with Crippen LogP contribution in [0.3, 0.4) is 0 Å². The van der Waals surface area contributed by atoms with Gasteiger partial charge in [0, 0.05) is 0 Å². The Kier molecular flexibility index (Phi) is 1.58. The maximum atomic E-state index is 11.7. The van der Waals surface area contributed by atoms with E-state index in [-0.39, 0.29) is 5.75 Å². The summed E-state index contributed by atoms with van der Waals surface area (Å²) in [5.74, 6) is 0.191. The smallest absolute Gasteiger partial charge is 0.163 e. The van der Waals surface area contributed by atoms with Crippen molar-refractivity contribution in [1.29, 1.82) is 0 Å². The molecule has 0 aliphatic carbocycles. The zero-order valence-electron chi connectivity index (χ0n) is 7.74. The van der Waals surface area contributed by atoms with E-state index in [4.69, 9.17) is 0 Å². The Bertz CT molecular complexity index is 444. The SMILES string of the molecule is CC1(C)c2ccccc2CS1(=O)=O. The number of rotatable bonds is 0. The molecule has 0 aromatic heterocycles. The van der Waals surface area contributed by atoms with E-state index >= 15 is 0 Å². The Labute approximate surface area is 78.5 Å². The molecule has 0 amide bonds. The molecule has 0 saturated heterocycles. The van der Waals surface area contributed by atoms with Crippen LogP contribution in [0.15, 0.2) is 24.3 Å². The van der Waals surface area contributed by atoms with Crippen molar-refractivity contribution in [1.82, 2.24) is 0 Å². The first-order chi connectivity index (χ1) is 5.95. The van der Waals surface area contributed by atoms with Gasteiger partial charge in [0.1, 0.15) is 0 Å². The Balaban J connectivity index is 2.74. The molecule has 0 unspecified atom stereocenters. The van der Waals surface area contributed by atoms with E-state index < -0.39 is 14.6 Å². The summed E-state index contributed by atoms with van der Waals surface area (Å²) in [4.78, 5) is 0. The van der Waals surface area contributed by atoms with Crippen LogP contribution in [0.2, 0.25) is 0 Å². The largest absolute Gasteiger partial charge is 0.228 e. The summed E-state index contributed by atoms with van der Waals surface area (Å²) in [6.45, 7) is 3.54. The van der Waals surface area contributed by atoms with E-state index in [1.807, 2.05) is 24.3 Å². The standard InChI is InChI=1S/C10H12O2S/c1-10(2)9-6-4-3-5-8(9)7-13(10,11)12/h3-6H,7H2,1-2H3. The average Bonchev–Trinajstić information content (AvgIpc) is 2.20. The van der Waals surface area contributed by atoms with Gasteiger partial charge in [-0.05, 0) is 25.0 Å². The van der Waals surface area contributed by atoms with Crippen LogP contribution in [0, 0.1) is 0 Å². The molecule has 0 fully saturated rings. The summed E-state index contributed by atoms with van der Waals surface area (Å²) in [7, 11) is -2.98. The molecule has 3 heteroatoms. The van der Waals surface area contributed by atoms with Gasteiger partial charge in [-0.2, -0.15) is 0 Å². The second-order valence-corrected chi connectivity index (χ2v) is 6.47. The van der Waals surface area contributed by atoms with Crippen molar-refractivity contribution in [2.45, 2.75) is 24.3 Å². The molecule has 13 heavy (non-hydrogen) atoms. The van der Waals surface area contributed by atoms with Crippen LogP contribution in [0.5, 0.6) is 0 Å². The van der Waals surface area contributed by atoms with Crippen molar-refractivity contribution in [2.75, 3.05) is 0 Å². The summed E-state index contributed by atoms with van der Waals surface area (Å²) in [6, 6.07) is 7.57. The van der Waals surface area contributed by atoms with Gasteiger partial charge in [0.05, 0.1) is 10.5 Å². The number of fused-ring (bicyclic) bond motifs is 1. The van der Waals surface area contributed by atoms with Crippen LogP contribution in [-0.4, -0.2) is 8.42 Å². The Morgan fingerprint density at radius 1 is 1.23 bits per heavy atom. The minimum Gasteiger partial charge on any atom is -0.228 e. The van der Waals surface area contributed by atoms with Gasteiger partial charge in [0.2, 0.25) is 0 Å². The van der Waals surface area contributed by atoms with Crippen molar-refractivity contribution >= 4 is 9.84 Å². The Morgan fingerprint density at radius 3 is 2.46 bits per heavy atom. The minimum absolute atomic E-state index is 0.191. The highest BCUT2D eigenvalue weighted by molar-refractivity contribution is 7.91. The third kappa shape index (κ3) is 1.03. The van der Waals surface area contributed by atoms with Gasteiger partial charge < -0.3 is 0 Å². The molecule has 0 radical (unpaired) electrons. The fraction of sp³-hybridized carbons (Fsp3) is 0.400. The summed E-state index contributed by atoms with van der Waals surface area (Å²) in [6.07, 6.45) is 0. The Hall–Kier alpha value is -0.830. The molecule has 1 aliphatic heterocycles. The average molecular weight is 196 g/mol. The highest BCUT2D eigenvalue weighted by atomic mass is 32.2. The molecule has 1 aromatic rings. The highest BCUT2D eigenvalue weighted by Crippen LogP contribution is 2.40.